The highest BCUT2D eigenvalue weighted by molar-refractivity contribution is 7.22. The standard InChI is InChI=1S/C18H18N4O4S/c1-11(23)20-12-6-7-13-15(10-12)27-18(21-13)22-16(24)5-2-8-19-17(25)14-4-3-9-26-14/h3-4,6-7,9-10H,2,5,8H2,1H3,(H,19,25)(H,20,23)(H,21,22,24). The highest BCUT2D eigenvalue weighted by Crippen LogP contribution is 2.28. The van der Waals surface area contributed by atoms with Crippen molar-refractivity contribution in [1.29, 1.82) is 0 Å². The summed E-state index contributed by atoms with van der Waals surface area (Å²) < 4.78 is 5.85. The van der Waals surface area contributed by atoms with E-state index in [9.17, 15) is 14.4 Å². The molecular weight excluding hydrogens is 368 g/mol. The van der Waals surface area contributed by atoms with Crippen molar-refractivity contribution in [3.8, 4) is 0 Å². The molecule has 2 heterocycles. The normalized spacial score (nSPS) is 10.6. The number of nitrogens with one attached hydrogen (secondary N) is 3. The first-order valence-corrected chi connectivity index (χ1v) is 9.12. The molecule has 27 heavy (non-hydrogen) atoms. The zero-order valence-corrected chi connectivity index (χ0v) is 15.4. The van der Waals surface area contributed by atoms with Gasteiger partial charge in [0.25, 0.3) is 5.91 Å². The van der Waals surface area contributed by atoms with Gasteiger partial charge in [0.15, 0.2) is 10.9 Å². The van der Waals surface area contributed by atoms with Gasteiger partial charge in [0.2, 0.25) is 11.8 Å². The molecule has 0 aliphatic carbocycles. The molecule has 3 N–H and O–H groups in total. The number of carbonyl (C=O) groups excluding carboxylic acids is 3. The number of thiazole rings is 1. The number of nitrogens with zero attached hydrogens (tertiary/aromatic N) is 1. The Bertz CT molecular complexity index is 965. The predicted molar refractivity (Wildman–Crippen MR) is 103 cm³/mol. The second-order valence-corrected chi connectivity index (χ2v) is 6.80. The highest BCUT2D eigenvalue weighted by atomic mass is 32.1. The zero-order chi connectivity index (χ0) is 19.2. The Kier molecular flexibility index (Phi) is 5.82. The fourth-order valence-corrected chi connectivity index (χ4v) is 3.31. The Morgan fingerprint density at radius 1 is 1.19 bits per heavy atom. The molecule has 3 amide bonds. The van der Waals surface area contributed by atoms with E-state index in [0.29, 0.717) is 23.8 Å². The van der Waals surface area contributed by atoms with Gasteiger partial charge in [-0.1, -0.05) is 11.3 Å². The van der Waals surface area contributed by atoms with Gasteiger partial charge in [-0.15, -0.1) is 0 Å². The van der Waals surface area contributed by atoms with E-state index in [1.54, 1.807) is 24.3 Å². The first kappa shape index (κ1) is 18.6. The predicted octanol–water partition coefficient (Wildman–Crippen LogP) is 3.00. The van der Waals surface area contributed by atoms with Gasteiger partial charge in [-0.2, -0.15) is 0 Å². The Balaban J connectivity index is 1.47. The summed E-state index contributed by atoms with van der Waals surface area (Å²) in [5, 5.41) is 8.65. The Hall–Kier alpha value is -3.20. The summed E-state index contributed by atoms with van der Waals surface area (Å²) in [7, 11) is 0. The molecule has 140 valence electrons. The van der Waals surface area contributed by atoms with Crippen LogP contribution in [0, 0.1) is 0 Å². The van der Waals surface area contributed by atoms with Gasteiger partial charge in [0.05, 0.1) is 16.5 Å². The number of anilines is 2. The van der Waals surface area contributed by atoms with E-state index in [1.807, 2.05) is 6.07 Å². The van der Waals surface area contributed by atoms with E-state index in [4.69, 9.17) is 4.42 Å². The number of furan rings is 1. The van der Waals surface area contributed by atoms with Crippen molar-refractivity contribution in [2.45, 2.75) is 19.8 Å². The summed E-state index contributed by atoms with van der Waals surface area (Å²) in [4.78, 5) is 39.2. The molecule has 9 heteroatoms. The maximum atomic E-state index is 12.0. The van der Waals surface area contributed by atoms with Gasteiger partial charge in [-0.3, -0.25) is 14.4 Å². The second kappa shape index (κ2) is 8.45. The third-order valence-electron chi connectivity index (χ3n) is 3.57. The fourth-order valence-electron chi connectivity index (χ4n) is 2.39. The van der Waals surface area contributed by atoms with Crippen LogP contribution in [0.2, 0.25) is 0 Å². The number of benzene rings is 1. The van der Waals surface area contributed by atoms with Gasteiger partial charge in [-0.05, 0) is 36.8 Å². The average molecular weight is 386 g/mol. The van der Waals surface area contributed by atoms with Crippen molar-refractivity contribution in [3.05, 3.63) is 42.4 Å². The molecule has 3 rings (SSSR count). The van der Waals surface area contributed by atoms with Crippen LogP contribution in [0.3, 0.4) is 0 Å². The van der Waals surface area contributed by atoms with E-state index in [1.165, 1.54) is 24.5 Å². The number of aromatic nitrogens is 1. The van der Waals surface area contributed by atoms with E-state index >= 15 is 0 Å². The van der Waals surface area contributed by atoms with Crippen LogP contribution in [0.1, 0.15) is 30.3 Å². The quantitative estimate of drug-likeness (QED) is 0.540. The molecule has 3 aromatic rings. The first-order chi connectivity index (χ1) is 13.0. The Labute approximate surface area is 159 Å². The number of fused-ring (bicyclic) bond motifs is 1. The van der Waals surface area contributed by atoms with E-state index in [0.717, 1.165) is 10.2 Å². The third kappa shape index (κ3) is 5.14. The first-order valence-electron chi connectivity index (χ1n) is 8.31. The second-order valence-electron chi connectivity index (χ2n) is 5.77. The summed E-state index contributed by atoms with van der Waals surface area (Å²) in [5.41, 5.74) is 1.43. The molecule has 1 aromatic carbocycles. The molecule has 0 aliphatic rings. The highest BCUT2D eigenvalue weighted by Gasteiger charge is 2.10. The minimum absolute atomic E-state index is 0.147. The monoisotopic (exact) mass is 386 g/mol. The number of hydrogen-bond acceptors (Lipinski definition) is 6. The number of amides is 3. The van der Waals surface area contributed by atoms with E-state index in [2.05, 4.69) is 20.9 Å². The molecule has 0 spiro atoms. The lowest BCUT2D eigenvalue weighted by Crippen LogP contribution is -2.25. The third-order valence-corrected chi connectivity index (χ3v) is 4.50. The van der Waals surface area contributed by atoms with Crippen molar-refractivity contribution < 1.29 is 18.8 Å². The van der Waals surface area contributed by atoms with Crippen LogP contribution in [0.25, 0.3) is 10.2 Å². The Morgan fingerprint density at radius 3 is 2.78 bits per heavy atom. The number of carbonyl (C=O) groups is 3. The van der Waals surface area contributed by atoms with Crippen LogP contribution in [0.5, 0.6) is 0 Å². The lowest BCUT2D eigenvalue weighted by atomic mass is 10.3. The summed E-state index contributed by atoms with van der Waals surface area (Å²) in [6, 6.07) is 8.58. The van der Waals surface area contributed by atoms with Crippen LogP contribution in [0.15, 0.2) is 41.0 Å². The largest absolute Gasteiger partial charge is 0.459 e. The van der Waals surface area contributed by atoms with E-state index < -0.39 is 0 Å². The molecule has 8 nitrogen and oxygen atoms in total. The lowest BCUT2D eigenvalue weighted by molar-refractivity contribution is -0.116. The number of rotatable bonds is 7. The Morgan fingerprint density at radius 2 is 2.04 bits per heavy atom. The van der Waals surface area contributed by atoms with Crippen molar-refractivity contribution in [3.63, 3.8) is 0 Å². The molecule has 0 bridgehead atoms. The zero-order valence-electron chi connectivity index (χ0n) is 14.6. The summed E-state index contributed by atoms with van der Waals surface area (Å²) in [6.45, 7) is 1.81. The molecule has 0 fully saturated rings. The molecule has 0 saturated carbocycles. The fraction of sp³-hybridized carbons (Fsp3) is 0.222. The lowest BCUT2D eigenvalue weighted by Gasteiger charge is -2.03. The smallest absolute Gasteiger partial charge is 0.286 e. The van der Waals surface area contributed by atoms with Crippen molar-refractivity contribution in [2.24, 2.45) is 0 Å². The van der Waals surface area contributed by atoms with E-state index in [-0.39, 0.29) is 29.9 Å². The minimum atomic E-state index is -0.304. The summed E-state index contributed by atoms with van der Waals surface area (Å²) in [6.07, 6.45) is 2.18. The van der Waals surface area contributed by atoms with Crippen LogP contribution >= 0.6 is 11.3 Å². The maximum Gasteiger partial charge on any atom is 0.286 e. The maximum absolute atomic E-state index is 12.0. The average Bonchev–Trinajstić information content (AvgIpc) is 3.27. The molecule has 0 saturated heterocycles. The van der Waals surface area contributed by atoms with Crippen LogP contribution < -0.4 is 16.0 Å². The van der Waals surface area contributed by atoms with Crippen LogP contribution in [0.4, 0.5) is 10.8 Å². The number of hydrogen-bond donors (Lipinski definition) is 3. The SMILES string of the molecule is CC(=O)Nc1ccc2nc(NC(=O)CCCNC(=O)c3ccco3)sc2c1. The van der Waals surface area contributed by atoms with Gasteiger partial charge < -0.3 is 20.4 Å². The topological polar surface area (TPSA) is 113 Å². The van der Waals surface area contributed by atoms with Crippen molar-refractivity contribution in [1.82, 2.24) is 10.3 Å². The van der Waals surface area contributed by atoms with Gasteiger partial charge in [-0.25, -0.2) is 4.98 Å². The van der Waals surface area contributed by atoms with Gasteiger partial charge in [0, 0.05) is 25.6 Å². The molecule has 0 atom stereocenters. The summed E-state index contributed by atoms with van der Waals surface area (Å²) in [5.74, 6) is -0.385. The molecule has 0 aliphatic heterocycles. The molecular formula is C18H18N4O4S. The molecule has 2 aromatic heterocycles. The van der Waals surface area contributed by atoms with Crippen LogP contribution in [-0.4, -0.2) is 29.3 Å². The minimum Gasteiger partial charge on any atom is -0.459 e. The molecule has 0 radical (unpaired) electrons. The van der Waals surface area contributed by atoms with Gasteiger partial charge in [0.1, 0.15) is 0 Å². The van der Waals surface area contributed by atoms with Crippen LogP contribution in [-0.2, 0) is 9.59 Å². The van der Waals surface area contributed by atoms with Crippen molar-refractivity contribution >= 4 is 50.1 Å². The molecule has 0 unspecified atom stereocenters. The summed E-state index contributed by atoms with van der Waals surface area (Å²) >= 11 is 1.33. The van der Waals surface area contributed by atoms with Crippen molar-refractivity contribution in [2.75, 3.05) is 17.2 Å². The van der Waals surface area contributed by atoms with Gasteiger partial charge >= 0.3 is 0 Å².